The van der Waals surface area contributed by atoms with Crippen LogP contribution < -0.4 is 5.01 Å². The van der Waals surface area contributed by atoms with Gasteiger partial charge in [0, 0.05) is 18.1 Å². The highest BCUT2D eigenvalue weighted by molar-refractivity contribution is 6.36. The molecule has 0 radical (unpaired) electrons. The van der Waals surface area contributed by atoms with E-state index in [2.05, 4.69) is 6.58 Å². The summed E-state index contributed by atoms with van der Waals surface area (Å²) in [5.41, 5.74) is 0.801. The van der Waals surface area contributed by atoms with E-state index in [4.69, 9.17) is 23.2 Å². The van der Waals surface area contributed by atoms with E-state index in [1.807, 2.05) is 0 Å². The lowest BCUT2D eigenvalue weighted by atomic mass is 10.1. The van der Waals surface area contributed by atoms with Gasteiger partial charge in [0.2, 0.25) is 0 Å². The third kappa shape index (κ3) is 3.39. The van der Waals surface area contributed by atoms with Crippen molar-refractivity contribution in [3.63, 3.8) is 0 Å². The summed E-state index contributed by atoms with van der Waals surface area (Å²) < 4.78 is 39.1. The first-order chi connectivity index (χ1) is 10.1. The lowest BCUT2D eigenvalue weighted by molar-refractivity contribution is -0.175. The van der Waals surface area contributed by atoms with Crippen molar-refractivity contribution in [3.05, 3.63) is 40.4 Å². The second-order valence-electron chi connectivity index (χ2n) is 5.14. The molecule has 0 aromatic heterocycles. The molecule has 8 heteroatoms. The Kier molecular flexibility index (Phi) is 4.75. The van der Waals surface area contributed by atoms with Crippen molar-refractivity contribution >= 4 is 34.8 Å². The maximum atomic E-state index is 13.0. The van der Waals surface area contributed by atoms with Crippen LogP contribution in [0.1, 0.15) is 6.92 Å². The van der Waals surface area contributed by atoms with E-state index < -0.39 is 24.5 Å². The average Bonchev–Trinajstić information content (AvgIpc) is 2.66. The zero-order chi connectivity index (χ0) is 16.7. The predicted octanol–water partition coefficient (Wildman–Crippen LogP) is 4.31. The van der Waals surface area contributed by atoms with E-state index >= 15 is 0 Å². The molecule has 120 valence electrons. The van der Waals surface area contributed by atoms with Gasteiger partial charge in [-0.05, 0) is 25.1 Å². The van der Waals surface area contributed by atoms with E-state index in [0.717, 1.165) is 5.01 Å². The number of halogens is 5. The number of carbonyl (C=O) groups is 1. The summed E-state index contributed by atoms with van der Waals surface area (Å²) >= 11 is 11.8. The maximum Gasteiger partial charge on any atom is 0.401 e. The molecule has 0 aliphatic carbocycles. The van der Waals surface area contributed by atoms with Crippen molar-refractivity contribution in [2.24, 2.45) is 5.92 Å². The van der Waals surface area contributed by atoms with Crippen molar-refractivity contribution < 1.29 is 18.0 Å². The molecule has 1 fully saturated rings. The van der Waals surface area contributed by atoms with Gasteiger partial charge in [0.25, 0.3) is 5.91 Å². The molecule has 1 atom stereocenters. The van der Waals surface area contributed by atoms with E-state index in [0.29, 0.717) is 10.6 Å². The van der Waals surface area contributed by atoms with Crippen LogP contribution in [0, 0.1) is 5.92 Å². The SMILES string of the molecule is C=C(C)CN1CC(C(F)(F)F)C(=O)N1c1ccc(Cl)cc1Cl. The summed E-state index contributed by atoms with van der Waals surface area (Å²) in [6, 6.07) is 4.27. The number of carbonyl (C=O) groups excluding carboxylic acids is 1. The van der Waals surface area contributed by atoms with Gasteiger partial charge in [-0.3, -0.25) is 4.79 Å². The first-order valence-electron chi connectivity index (χ1n) is 6.36. The molecule has 1 aliphatic heterocycles. The fourth-order valence-corrected chi connectivity index (χ4v) is 2.76. The van der Waals surface area contributed by atoms with Crippen molar-refractivity contribution in [2.75, 3.05) is 18.1 Å². The number of benzene rings is 1. The standard InChI is InChI=1S/C14H13Cl2F3N2O/c1-8(2)6-20-7-10(14(17,18)19)13(22)21(20)12-4-3-9(15)5-11(12)16/h3-5,10H,1,6-7H2,2H3. The zero-order valence-corrected chi connectivity index (χ0v) is 13.1. The fraction of sp³-hybridized carbons (Fsp3) is 0.357. The van der Waals surface area contributed by atoms with Crippen LogP contribution in [0.4, 0.5) is 18.9 Å². The molecule has 1 unspecified atom stereocenters. The minimum absolute atomic E-state index is 0.107. The second-order valence-corrected chi connectivity index (χ2v) is 5.99. The predicted molar refractivity (Wildman–Crippen MR) is 79.9 cm³/mol. The van der Waals surface area contributed by atoms with Gasteiger partial charge in [-0.2, -0.15) is 13.2 Å². The summed E-state index contributed by atoms with van der Waals surface area (Å²) in [6.45, 7) is 5.01. The first-order valence-corrected chi connectivity index (χ1v) is 7.12. The number of alkyl halides is 3. The molecule has 2 rings (SSSR count). The molecule has 0 N–H and O–H groups in total. The van der Waals surface area contributed by atoms with Crippen LogP contribution in [0.5, 0.6) is 0 Å². The smallest absolute Gasteiger partial charge is 0.272 e. The fourth-order valence-electron chi connectivity index (χ4n) is 2.27. The van der Waals surface area contributed by atoms with Crippen LogP contribution in [0.15, 0.2) is 30.4 Å². The highest BCUT2D eigenvalue weighted by atomic mass is 35.5. The number of hydrazine groups is 1. The highest BCUT2D eigenvalue weighted by Crippen LogP contribution is 2.39. The van der Waals surface area contributed by atoms with E-state index in [-0.39, 0.29) is 17.3 Å². The number of hydrogen-bond donors (Lipinski definition) is 0. The Morgan fingerprint density at radius 2 is 2.05 bits per heavy atom. The number of amides is 1. The maximum absolute atomic E-state index is 13.0. The van der Waals surface area contributed by atoms with Crippen molar-refractivity contribution in [1.29, 1.82) is 0 Å². The Hall–Kier alpha value is -1.24. The second kappa shape index (κ2) is 6.10. The third-order valence-corrected chi connectivity index (χ3v) is 3.71. The van der Waals surface area contributed by atoms with Gasteiger partial charge >= 0.3 is 6.18 Å². The van der Waals surface area contributed by atoms with Gasteiger partial charge in [-0.1, -0.05) is 35.4 Å². The van der Waals surface area contributed by atoms with Crippen LogP contribution in [-0.2, 0) is 4.79 Å². The van der Waals surface area contributed by atoms with E-state index in [1.165, 1.54) is 23.2 Å². The molecule has 0 bridgehead atoms. The van der Waals surface area contributed by atoms with Crippen molar-refractivity contribution in [2.45, 2.75) is 13.1 Å². The highest BCUT2D eigenvalue weighted by Gasteiger charge is 2.53. The minimum Gasteiger partial charge on any atom is -0.272 e. The molecule has 0 spiro atoms. The quantitative estimate of drug-likeness (QED) is 0.756. The number of rotatable bonds is 3. The molecule has 0 saturated carbocycles. The Morgan fingerprint density at radius 3 is 2.55 bits per heavy atom. The normalized spacial score (nSPS) is 19.8. The van der Waals surface area contributed by atoms with E-state index in [1.54, 1.807) is 6.92 Å². The molecule has 1 aromatic rings. The number of nitrogens with zero attached hydrogens (tertiary/aromatic N) is 2. The third-order valence-electron chi connectivity index (χ3n) is 3.17. The number of anilines is 1. The first kappa shape index (κ1) is 17.1. The summed E-state index contributed by atoms with van der Waals surface area (Å²) in [5, 5.41) is 2.69. The van der Waals surface area contributed by atoms with Gasteiger partial charge in [-0.15, -0.1) is 0 Å². The molecular weight excluding hydrogens is 340 g/mol. The molecule has 1 aromatic carbocycles. The number of hydrogen-bond acceptors (Lipinski definition) is 2. The van der Waals surface area contributed by atoms with Gasteiger partial charge < -0.3 is 0 Å². The summed E-state index contributed by atoms with van der Waals surface area (Å²) in [4.78, 5) is 12.2. The van der Waals surface area contributed by atoms with Crippen LogP contribution in [0.3, 0.4) is 0 Å². The van der Waals surface area contributed by atoms with Gasteiger partial charge in [0.1, 0.15) is 5.92 Å². The lowest BCUT2D eigenvalue weighted by Crippen LogP contribution is -2.40. The van der Waals surface area contributed by atoms with Gasteiger partial charge in [-0.25, -0.2) is 10.0 Å². The molecule has 1 heterocycles. The van der Waals surface area contributed by atoms with Crippen molar-refractivity contribution in [3.8, 4) is 0 Å². The zero-order valence-electron chi connectivity index (χ0n) is 11.6. The minimum atomic E-state index is -4.61. The average molecular weight is 353 g/mol. The summed E-state index contributed by atoms with van der Waals surface area (Å²) in [6.07, 6.45) is -4.61. The van der Waals surface area contributed by atoms with Crippen molar-refractivity contribution in [1.82, 2.24) is 5.01 Å². The largest absolute Gasteiger partial charge is 0.401 e. The van der Waals surface area contributed by atoms with Gasteiger partial charge in [0.15, 0.2) is 0 Å². The van der Waals surface area contributed by atoms with Gasteiger partial charge in [0.05, 0.1) is 10.7 Å². The van der Waals surface area contributed by atoms with Crippen LogP contribution in [0.25, 0.3) is 0 Å². The molecule has 22 heavy (non-hydrogen) atoms. The Balaban J connectivity index is 2.44. The molecule has 1 amide bonds. The van der Waals surface area contributed by atoms with Crippen LogP contribution in [0.2, 0.25) is 10.0 Å². The van der Waals surface area contributed by atoms with E-state index in [9.17, 15) is 18.0 Å². The van der Waals surface area contributed by atoms with Crippen LogP contribution >= 0.6 is 23.2 Å². The Labute approximate surface area is 135 Å². The molecule has 1 aliphatic rings. The van der Waals surface area contributed by atoms with Crippen LogP contribution in [-0.4, -0.2) is 30.2 Å². The molecule has 3 nitrogen and oxygen atoms in total. The molecular formula is C14H13Cl2F3N2O. The monoisotopic (exact) mass is 352 g/mol. The Morgan fingerprint density at radius 1 is 1.41 bits per heavy atom. The topological polar surface area (TPSA) is 23.6 Å². The Bertz CT molecular complexity index is 619. The summed E-state index contributed by atoms with van der Waals surface area (Å²) in [7, 11) is 0. The molecule has 1 saturated heterocycles. The summed E-state index contributed by atoms with van der Waals surface area (Å²) in [5.74, 6) is -3.14. The lowest BCUT2D eigenvalue weighted by Gasteiger charge is -2.28.